The van der Waals surface area contributed by atoms with Gasteiger partial charge in [-0.15, -0.1) is 0 Å². The number of hydrogen-bond acceptors (Lipinski definition) is 4. The molecule has 7 aliphatic rings. The molecule has 5 aliphatic heterocycles. The van der Waals surface area contributed by atoms with Crippen LogP contribution in [-0.2, 0) is 66.0 Å². The quantitative estimate of drug-likeness (QED) is 0.107. The number of anilines is 12. The highest BCUT2D eigenvalue weighted by Crippen LogP contribution is 2.61. The highest BCUT2D eigenvalue weighted by molar-refractivity contribution is 7.01. The summed E-state index contributed by atoms with van der Waals surface area (Å²) in [4.78, 5) is 10.9. The largest absolute Gasteiger partial charge is 0.311 e. The highest BCUT2D eigenvalue weighted by Gasteiger charge is 2.53. The lowest BCUT2D eigenvalue weighted by Gasteiger charge is -2.50. The van der Waals surface area contributed by atoms with Gasteiger partial charge in [0.2, 0.25) is 0 Å². The monoisotopic (exact) mass is 1870 g/mol. The molecule has 4 bridgehead atoms. The number of hydrogen-bond donors (Lipinski definition) is 0. The first-order valence-corrected chi connectivity index (χ1v) is 53.6. The zero-order chi connectivity index (χ0) is 101. The second-order valence-corrected chi connectivity index (χ2v) is 52.7. The SMILES string of the molecule is CC(C)c1cc2c3c(c1)N(c1c(-c4ccccc4)cc(C(C)(C)C)cc1-c1ccccc1)c1cc4c(cc1B3c1cc(C(C)(C)c3ccc(CC(C)c5cc6c7c(c5)N5c8cc9c(cc8B7c7cc(C(C)(C)c8ccccc8)ccc7N6c6ccc(C(C)(C)C)cc6)C(C)(C)CCC9(C)c6cc(ccc6C(C)(C)C)-c6cc(C(C)(C)C)ccc65)cc3)ccc1N2c1ccc(C(C)(C)C)cc1)C(C)(C)CCC4(C)C. The van der Waals surface area contributed by atoms with Crippen LogP contribution in [0.3, 0.4) is 0 Å². The number of benzene rings is 15. The summed E-state index contributed by atoms with van der Waals surface area (Å²) < 4.78 is 0. The third-order valence-electron chi connectivity index (χ3n) is 35.4. The van der Waals surface area contributed by atoms with E-state index < -0.39 is 5.41 Å². The van der Waals surface area contributed by atoms with E-state index in [1.807, 2.05) is 0 Å². The van der Waals surface area contributed by atoms with Gasteiger partial charge in [0, 0.05) is 89.8 Å². The van der Waals surface area contributed by atoms with E-state index in [0.29, 0.717) is 0 Å². The molecule has 0 N–H and O–H groups in total. The Bertz CT molecular complexity index is 7580. The van der Waals surface area contributed by atoms with E-state index in [-0.39, 0.29) is 79.4 Å². The molecular formula is C137H148B2N4. The first-order chi connectivity index (χ1) is 67.4. The summed E-state index contributed by atoms with van der Waals surface area (Å²) in [5.74, 6) is 0.305. The summed E-state index contributed by atoms with van der Waals surface area (Å²) in [5.41, 5.74) is 51.8. The lowest BCUT2D eigenvalue weighted by molar-refractivity contribution is 0.332. The summed E-state index contributed by atoms with van der Waals surface area (Å²) >= 11 is 0. The second kappa shape index (κ2) is 33.1. The van der Waals surface area contributed by atoms with Gasteiger partial charge in [-0.25, -0.2) is 0 Å². The van der Waals surface area contributed by atoms with Crippen molar-refractivity contribution in [2.45, 2.75) is 304 Å². The third kappa shape index (κ3) is 15.6. The normalized spacial score (nSPS) is 17.0. The molecular weight excluding hydrogens is 1720 g/mol. The van der Waals surface area contributed by atoms with E-state index in [4.69, 9.17) is 0 Å². The van der Waals surface area contributed by atoms with Crippen LogP contribution in [0.1, 0.15) is 333 Å². The average Bonchev–Trinajstić information content (AvgIpc) is 0.651. The van der Waals surface area contributed by atoms with E-state index in [2.05, 4.69) is 518 Å². The molecule has 0 saturated carbocycles. The summed E-state index contributed by atoms with van der Waals surface area (Å²) in [6.45, 7) is 70.4. The molecule has 15 aromatic carbocycles. The van der Waals surface area contributed by atoms with Crippen molar-refractivity contribution < 1.29 is 0 Å². The van der Waals surface area contributed by atoms with Gasteiger partial charge >= 0.3 is 0 Å². The van der Waals surface area contributed by atoms with Gasteiger partial charge in [0.25, 0.3) is 13.4 Å². The first kappa shape index (κ1) is 95.5. The minimum atomic E-state index is -0.439. The van der Waals surface area contributed by atoms with Gasteiger partial charge < -0.3 is 19.6 Å². The van der Waals surface area contributed by atoms with Crippen LogP contribution in [0.25, 0.3) is 33.4 Å². The van der Waals surface area contributed by atoms with Crippen LogP contribution in [0, 0.1) is 0 Å². The highest BCUT2D eigenvalue weighted by atomic mass is 15.2. The van der Waals surface area contributed by atoms with Crippen molar-refractivity contribution >= 4 is 114 Å². The predicted octanol–water partition coefficient (Wildman–Crippen LogP) is 33.5. The zero-order valence-corrected chi connectivity index (χ0v) is 90.9. The fraction of sp³-hybridized carbons (Fsp3) is 0.343. The Hall–Kier alpha value is -12.4. The van der Waals surface area contributed by atoms with Gasteiger partial charge in [-0.2, -0.15) is 0 Å². The molecule has 0 radical (unpaired) electrons. The molecule has 2 unspecified atom stereocenters. The minimum absolute atomic E-state index is 0.0378. The number of nitrogens with zero attached hydrogens (tertiary/aromatic N) is 4. The van der Waals surface area contributed by atoms with Crippen molar-refractivity contribution in [1.82, 2.24) is 0 Å². The van der Waals surface area contributed by atoms with Crippen molar-refractivity contribution in [2.24, 2.45) is 0 Å². The smallest absolute Gasteiger partial charge is 0.252 e. The van der Waals surface area contributed by atoms with E-state index in [0.717, 1.165) is 37.8 Å². The maximum Gasteiger partial charge on any atom is 0.252 e. The van der Waals surface area contributed by atoms with Crippen molar-refractivity contribution in [2.75, 3.05) is 19.6 Å². The van der Waals surface area contributed by atoms with Crippen LogP contribution >= 0.6 is 0 Å². The van der Waals surface area contributed by atoms with Crippen LogP contribution < -0.4 is 52.4 Å². The van der Waals surface area contributed by atoms with Gasteiger partial charge in [0.05, 0.1) is 11.4 Å². The Morgan fingerprint density at radius 3 is 1.11 bits per heavy atom. The molecule has 2 atom stereocenters. The molecule has 15 aromatic rings. The van der Waals surface area contributed by atoms with Crippen molar-refractivity contribution in [1.29, 1.82) is 0 Å². The maximum absolute atomic E-state index is 2.80. The third-order valence-corrected chi connectivity index (χ3v) is 35.4. The minimum Gasteiger partial charge on any atom is -0.311 e. The zero-order valence-electron chi connectivity index (χ0n) is 90.9. The maximum atomic E-state index is 2.80. The molecule has 0 fully saturated rings. The summed E-state index contributed by atoms with van der Waals surface area (Å²) in [6.07, 6.45) is 5.18. The molecule has 5 heterocycles. The van der Waals surface area contributed by atoms with Crippen molar-refractivity contribution in [3.63, 3.8) is 0 Å². The Labute approximate surface area is 857 Å². The van der Waals surface area contributed by atoms with E-state index in [9.17, 15) is 0 Å². The summed E-state index contributed by atoms with van der Waals surface area (Å²) in [7, 11) is 0. The Balaban J connectivity index is 0.727. The van der Waals surface area contributed by atoms with Gasteiger partial charge in [-0.3, -0.25) is 0 Å². The fourth-order valence-corrected chi connectivity index (χ4v) is 25.9. The molecule has 22 rings (SSSR count). The van der Waals surface area contributed by atoms with Crippen molar-refractivity contribution in [3.8, 4) is 33.4 Å². The van der Waals surface area contributed by atoms with Crippen LogP contribution in [0.15, 0.2) is 297 Å². The molecule has 0 aromatic heterocycles. The first-order valence-electron chi connectivity index (χ1n) is 53.6. The second-order valence-electron chi connectivity index (χ2n) is 52.7. The van der Waals surface area contributed by atoms with Crippen LogP contribution in [0.2, 0.25) is 0 Å². The van der Waals surface area contributed by atoms with Gasteiger partial charge in [0.15, 0.2) is 0 Å². The molecule has 4 nitrogen and oxygen atoms in total. The number of rotatable bonds is 13. The van der Waals surface area contributed by atoms with Crippen LogP contribution in [-0.4, -0.2) is 13.4 Å². The van der Waals surface area contributed by atoms with Crippen LogP contribution in [0.4, 0.5) is 68.2 Å². The standard InChI is InChI=1S/C137H148B2N4/c1-84(2)90-71-120-125-123(72-90)143(126-103(87-39-33-30-34-40-87)76-99(130(13,14)15)77-104(126)88-41-35-31-36-42-88)119-82-108-106(132(19,20)65-66-133(108,21)22)80-114(119)139(125)112-79-98(56-64-116(112)140(120)100-57-50-92(51-58-100)127(4,5)6)136(27,28)95-48-45-86(46-49-95)69-85(3)91-73-121-124-122(74-91)142-115-62-54-96(129(10,11)12)75-102(115)89-47-61-105(131(16,17)18)109(70-89)137(29)68-67-134(23,24)107-81-113(118(142)83-110(107)137)138(124)111-78-97(135(25,26)94-43-37-32-38-44-94)55-63-117(111)141(121)101-59-52-93(53-60-101)128(7,8)9/h30-64,70-85H,65-69H2,1-29H3. The van der Waals surface area contributed by atoms with E-state index in [1.165, 1.54) is 223 Å². The van der Waals surface area contributed by atoms with Gasteiger partial charge in [0.1, 0.15) is 0 Å². The molecule has 2 aliphatic carbocycles. The Kier molecular flexibility index (Phi) is 22.1. The molecule has 143 heavy (non-hydrogen) atoms. The molecule has 0 spiro atoms. The Morgan fingerprint density at radius 1 is 0.266 bits per heavy atom. The molecule has 0 saturated heterocycles. The Morgan fingerprint density at radius 2 is 0.643 bits per heavy atom. The lowest BCUT2D eigenvalue weighted by Crippen LogP contribution is -2.62. The van der Waals surface area contributed by atoms with E-state index in [1.54, 1.807) is 0 Å². The predicted molar refractivity (Wildman–Crippen MR) is 618 cm³/mol. The van der Waals surface area contributed by atoms with Crippen molar-refractivity contribution in [3.05, 3.63) is 392 Å². The lowest BCUT2D eigenvalue weighted by atomic mass is 9.32. The number of fused-ring (bicyclic) bond motifs is 15. The fourth-order valence-electron chi connectivity index (χ4n) is 25.9. The molecule has 722 valence electrons. The summed E-state index contributed by atoms with van der Waals surface area (Å²) in [5, 5.41) is 0. The van der Waals surface area contributed by atoms with Gasteiger partial charge in [-0.1, -0.05) is 395 Å². The molecule has 0 amide bonds. The van der Waals surface area contributed by atoms with Gasteiger partial charge in [-0.05, 0) is 334 Å². The average molecular weight is 1870 g/mol. The summed E-state index contributed by atoms with van der Waals surface area (Å²) in [6, 6.07) is 120. The van der Waals surface area contributed by atoms with E-state index >= 15 is 0 Å². The topological polar surface area (TPSA) is 13.0 Å². The molecule has 6 heteroatoms. The van der Waals surface area contributed by atoms with Crippen LogP contribution in [0.5, 0.6) is 0 Å².